The number of benzene rings is 1. The van der Waals surface area contributed by atoms with E-state index in [-0.39, 0.29) is 12.1 Å². The molecule has 120 valence electrons. The number of nitrogens with one attached hydrogen (secondary N) is 3. The molecule has 0 spiro atoms. The molecule has 3 rings (SSSR count). The van der Waals surface area contributed by atoms with Crippen LogP contribution in [0.2, 0.25) is 0 Å². The van der Waals surface area contributed by atoms with Crippen molar-refractivity contribution in [2.24, 2.45) is 0 Å². The van der Waals surface area contributed by atoms with E-state index in [1.165, 1.54) is 10.5 Å². The fourth-order valence-corrected chi connectivity index (χ4v) is 3.66. The molecule has 2 amide bonds. The summed E-state index contributed by atoms with van der Waals surface area (Å²) in [6.07, 6.45) is 2.70. The summed E-state index contributed by atoms with van der Waals surface area (Å²) in [6.45, 7) is 1.19. The van der Waals surface area contributed by atoms with Crippen molar-refractivity contribution in [1.82, 2.24) is 15.6 Å². The number of amides is 2. The molecule has 0 aliphatic carbocycles. The van der Waals surface area contributed by atoms with Crippen molar-refractivity contribution >= 4 is 23.6 Å². The molecular formula is C17H20N4OS. The van der Waals surface area contributed by atoms with Gasteiger partial charge in [-0.05, 0) is 30.2 Å². The molecule has 1 aliphatic rings. The van der Waals surface area contributed by atoms with E-state index >= 15 is 0 Å². The number of hydrogen-bond donors (Lipinski definition) is 3. The van der Waals surface area contributed by atoms with Gasteiger partial charge in [-0.1, -0.05) is 24.3 Å². The second-order valence-electron chi connectivity index (χ2n) is 5.27. The Morgan fingerprint density at radius 2 is 2.04 bits per heavy atom. The normalized spacial score (nSPS) is 16.3. The zero-order valence-corrected chi connectivity index (χ0v) is 13.6. The molecule has 1 aliphatic heterocycles. The molecule has 3 N–H and O–H groups in total. The largest absolute Gasteiger partial charge is 0.368 e. The highest BCUT2D eigenvalue weighted by Gasteiger charge is 2.21. The van der Waals surface area contributed by atoms with E-state index in [0.29, 0.717) is 13.1 Å². The number of rotatable bonds is 5. The molecule has 0 saturated carbocycles. The molecular weight excluding hydrogens is 308 g/mol. The number of urea groups is 1. The van der Waals surface area contributed by atoms with Crippen molar-refractivity contribution in [2.75, 3.05) is 24.2 Å². The molecule has 1 aromatic carbocycles. The van der Waals surface area contributed by atoms with Gasteiger partial charge in [-0.3, -0.25) is 0 Å². The number of aromatic nitrogens is 1. The summed E-state index contributed by atoms with van der Waals surface area (Å²) in [5.74, 6) is 1.84. The van der Waals surface area contributed by atoms with Gasteiger partial charge in [0.25, 0.3) is 0 Å². The topological polar surface area (TPSA) is 66.0 Å². The van der Waals surface area contributed by atoms with Gasteiger partial charge in [-0.2, -0.15) is 0 Å². The Bertz CT molecular complexity index is 650. The first-order valence-corrected chi connectivity index (χ1v) is 8.72. The first-order chi connectivity index (χ1) is 11.3. The average Bonchev–Trinajstić information content (AvgIpc) is 2.60. The monoisotopic (exact) mass is 328 g/mol. The Balaban J connectivity index is 1.43. The fraction of sp³-hybridized carbons (Fsp3) is 0.294. The lowest BCUT2D eigenvalue weighted by Crippen LogP contribution is -2.40. The number of anilines is 1. The lowest BCUT2D eigenvalue weighted by molar-refractivity contribution is 0.237. The van der Waals surface area contributed by atoms with Crippen LogP contribution in [0.5, 0.6) is 0 Å². The van der Waals surface area contributed by atoms with Crippen LogP contribution < -0.4 is 16.0 Å². The Hall–Kier alpha value is -2.21. The van der Waals surface area contributed by atoms with Gasteiger partial charge in [-0.15, -0.1) is 11.8 Å². The number of thioether (sulfide) groups is 1. The minimum atomic E-state index is -0.125. The first-order valence-electron chi connectivity index (χ1n) is 7.74. The van der Waals surface area contributed by atoms with Crippen molar-refractivity contribution in [1.29, 1.82) is 0 Å². The van der Waals surface area contributed by atoms with Gasteiger partial charge in [0, 0.05) is 29.9 Å². The lowest BCUT2D eigenvalue weighted by Gasteiger charge is -2.25. The number of carbonyl (C=O) groups excluding carboxylic acids is 1. The third-order valence-corrected chi connectivity index (χ3v) is 4.77. The van der Waals surface area contributed by atoms with Crippen molar-refractivity contribution in [3.63, 3.8) is 0 Å². The van der Waals surface area contributed by atoms with Gasteiger partial charge in [0.15, 0.2) is 0 Å². The summed E-state index contributed by atoms with van der Waals surface area (Å²) in [6, 6.07) is 13.9. The van der Waals surface area contributed by atoms with Crippen LogP contribution in [0.15, 0.2) is 53.6 Å². The van der Waals surface area contributed by atoms with Crippen molar-refractivity contribution in [2.45, 2.75) is 17.4 Å². The van der Waals surface area contributed by atoms with Crippen LogP contribution in [0, 0.1) is 0 Å². The SMILES string of the molecule is O=C(NCCNc1ccccn1)N[C@H]1CCSc2ccccc21. The van der Waals surface area contributed by atoms with Crippen molar-refractivity contribution in [3.05, 3.63) is 54.2 Å². The molecule has 0 saturated heterocycles. The Kier molecular flexibility index (Phi) is 5.37. The third-order valence-electron chi connectivity index (χ3n) is 3.65. The smallest absolute Gasteiger partial charge is 0.315 e. The molecule has 23 heavy (non-hydrogen) atoms. The number of hydrogen-bond acceptors (Lipinski definition) is 4. The van der Waals surface area contributed by atoms with Crippen molar-refractivity contribution in [3.8, 4) is 0 Å². The summed E-state index contributed by atoms with van der Waals surface area (Å²) < 4.78 is 0. The predicted octanol–water partition coefficient (Wildman–Crippen LogP) is 3.03. The van der Waals surface area contributed by atoms with Gasteiger partial charge in [0.1, 0.15) is 5.82 Å². The summed E-state index contributed by atoms with van der Waals surface area (Å²) in [5, 5.41) is 9.11. The van der Waals surface area contributed by atoms with Gasteiger partial charge < -0.3 is 16.0 Å². The lowest BCUT2D eigenvalue weighted by atomic mass is 10.0. The molecule has 0 unspecified atom stereocenters. The Morgan fingerprint density at radius 3 is 2.91 bits per heavy atom. The van der Waals surface area contributed by atoms with Crippen LogP contribution in [0.4, 0.5) is 10.6 Å². The van der Waals surface area contributed by atoms with Crippen LogP contribution in [-0.2, 0) is 0 Å². The maximum atomic E-state index is 12.1. The second kappa shape index (κ2) is 7.87. The summed E-state index contributed by atoms with van der Waals surface area (Å²) in [4.78, 5) is 17.5. The quantitative estimate of drug-likeness (QED) is 0.738. The summed E-state index contributed by atoms with van der Waals surface area (Å²) in [7, 11) is 0. The maximum absolute atomic E-state index is 12.1. The third kappa shape index (κ3) is 4.39. The summed E-state index contributed by atoms with van der Waals surface area (Å²) >= 11 is 1.85. The van der Waals surface area contributed by atoms with Crippen molar-refractivity contribution < 1.29 is 4.79 Å². The first kappa shape index (κ1) is 15.7. The van der Waals surface area contributed by atoms with Gasteiger partial charge in [0.05, 0.1) is 6.04 Å². The molecule has 0 fully saturated rings. The van der Waals surface area contributed by atoms with Crippen LogP contribution in [0.3, 0.4) is 0 Å². The molecule has 1 atom stereocenters. The standard InChI is InChI=1S/C17H20N4OS/c22-17(20-11-10-19-16-7-3-4-9-18-16)21-14-8-12-23-15-6-2-1-5-13(14)15/h1-7,9,14H,8,10-12H2,(H,18,19)(H2,20,21,22)/t14-/m0/s1. The molecule has 0 radical (unpaired) electrons. The molecule has 2 heterocycles. The number of pyridine rings is 1. The maximum Gasteiger partial charge on any atom is 0.315 e. The van der Waals surface area contributed by atoms with Gasteiger partial charge in [0.2, 0.25) is 0 Å². The molecule has 6 heteroatoms. The minimum Gasteiger partial charge on any atom is -0.368 e. The number of carbonyl (C=O) groups is 1. The highest BCUT2D eigenvalue weighted by Crippen LogP contribution is 2.35. The summed E-state index contributed by atoms with van der Waals surface area (Å²) in [5.41, 5.74) is 1.21. The number of nitrogens with zero attached hydrogens (tertiary/aromatic N) is 1. The minimum absolute atomic E-state index is 0.0937. The zero-order chi connectivity index (χ0) is 15.9. The molecule has 1 aromatic heterocycles. The average molecular weight is 328 g/mol. The van der Waals surface area contributed by atoms with E-state index in [1.807, 2.05) is 42.1 Å². The van der Waals surface area contributed by atoms with Crippen LogP contribution >= 0.6 is 11.8 Å². The van der Waals surface area contributed by atoms with Crippen LogP contribution in [0.1, 0.15) is 18.0 Å². The molecule has 0 bridgehead atoms. The van der Waals surface area contributed by atoms with E-state index in [9.17, 15) is 4.79 Å². The van der Waals surface area contributed by atoms with Crippen LogP contribution in [0.25, 0.3) is 0 Å². The zero-order valence-electron chi connectivity index (χ0n) is 12.8. The van der Waals surface area contributed by atoms with Gasteiger partial charge in [-0.25, -0.2) is 9.78 Å². The van der Waals surface area contributed by atoms with Gasteiger partial charge >= 0.3 is 6.03 Å². The second-order valence-corrected chi connectivity index (χ2v) is 6.41. The van der Waals surface area contributed by atoms with Crippen LogP contribution in [-0.4, -0.2) is 29.9 Å². The van der Waals surface area contributed by atoms with E-state index in [2.05, 4.69) is 33.1 Å². The number of fused-ring (bicyclic) bond motifs is 1. The Morgan fingerprint density at radius 1 is 1.17 bits per heavy atom. The van der Waals surface area contributed by atoms with E-state index in [4.69, 9.17) is 0 Å². The Labute approximate surface area is 140 Å². The molecule has 5 nitrogen and oxygen atoms in total. The highest BCUT2D eigenvalue weighted by molar-refractivity contribution is 7.99. The molecule has 2 aromatic rings. The predicted molar refractivity (Wildman–Crippen MR) is 93.8 cm³/mol. The van der Waals surface area contributed by atoms with E-state index in [1.54, 1.807) is 6.20 Å². The van der Waals surface area contributed by atoms with E-state index < -0.39 is 0 Å². The van der Waals surface area contributed by atoms with E-state index in [0.717, 1.165) is 18.0 Å². The fourth-order valence-electron chi connectivity index (χ4n) is 2.54. The highest BCUT2D eigenvalue weighted by atomic mass is 32.2.